The maximum absolute atomic E-state index is 11.0. The van der Waals surface area contributed by atoms with Gasteiger partial charge in [-0.15, -0.1) is 0 Å². The Morgan fingerprint density at radius 3 is 2.53 bits per heavy atom. The third-order valence-corrected chi connectivity index (χ3v) is 3.07. The molecule has 1 aliphatic carbocycles. The summed E-state index contributed by atoms with van der Waals surface area (Å²) >= 11 is 0. The molecule has 0 aromatic rings. The average molecular weight is 214 g/mol. The van der Waals surface area contributed by atoms with E-state index >= 15 is 0 Å². The van der Waals surface area contributed by atoms with Gasteiger partial charge in [-0.25, -0.2) is 0 Å². The molecular weight excluding hydrogens is 192 g/mol. The fourth-order valence-electron chi connectivity index (χ4n) is 2.02. The number of methoxy groups -OCH3 is 1. The first kappa shape index (κ1) is 12.5. The van der Waals surface area contributed by atoms with Gasteiger partial charge in [0.2, 0.25) is 5.91 Å². The molecule has 1 rings (SSSR count). The standard InChI is InChI=1S/C11H22N2O2/c1-12-11(14)7-8-13-9-3-5-10(15-2)6-4-9/h9-10,13H,3-8H2,1-2H3,(H,12,14). The first-order valence-corrected chi connectivity index (χ1v) is 5.73. The third-order valence-electron chi connectivity index (χ3n) is 3.07. The predicted molar refractivity (Wildman–Crippen MR) is 59.7 cm³/mol. The van der Waals surface area contributed by atoms with Crippen LogP contribution in [0.3, 0.4) is 0 Å². The van der Waals surface area contributed by atoms with Crippen LogP contribution >= 0.6 is 0 Å². The molecule has 1 fully saturated rings. The van der Waals surface area contributed by atoms with Crippen molar-refractivity contribution in [2.75, 3.05) is 20.7 Å². The first-order valence-electron chi connectivity index (χ1n) is 5.73. The fraction of sp³-hybridized carbons (Fsp3) is 0.909. The summed E-state index contributed by atoms with van der Waals surface area (Å²) in [5.74, 6) is 0.105. The highest BCUT2D eigenvalue weighted by molar-refractivity contribution is 5.75. The largest absolute Gasteiger partial charge is 0.381 e. The fourth-order valence-corrected chi connectivity index (χ4v) is 2.02. The minimum Gasteiger partial charge on any atom is -0.381 e. The Morgan fingerprint density at radius 2 is 2.00 bits per heavy atom. The Balaban J connectivity index is 2.06. The van der Waals surface area contributed by atoms with Crippen LogP contribution in [-0.2, 0) is 9.53 Å². The Labute approximate surface area is 91.8 Å². The number of rotatable bonds is 5. The predicted octanol–water partition coefficient (Wildman–Crippen LogP) is 0.670. The molecule has 4 nitrogen and oxygen atoms in total. The average Bonchev–Trinajstić information content (AvgIpc) is 2.29. The molecule has 0 bridgehead atoms. The smallest absolute Gasteiger partial charge is 0.221 e. The normalized spacial score (nSPS) is 26.3. The van der Waals surface area contributed by atoms with Crippen LogP contribution in [0, 0.1) is 0 Å². The highest BCUT2D eigenvalue weighted by Crippen LogP contribution is 2.20. The van der Waals surface area contributed by atoms with Crippen LogP contribution in [-0.4, -0.2) is 38.8 Å². The zero-order valence-corrected chi connectivity index (χ0v) is 9.71. The maximum atomic E-state index is 11.0. The molecule has 0 atom stereocenters. The van der Waals surface area contributed by atoms with Crippen LogP contribution in [0.15, 0.2) is 0 Å². The summed E-state index contributed by atoms with van der Waals surface area (Å²) in [6.45, 7) is 0.780. The van der Waals surface area contributed by atoms with E-state index in [2.05, 4.69) is 10.6 Å². The summed E-state index contributed by atoms with van der Waals surface area (Å²) < 4.78 is 5.31. The van der Waals surface area contributed by atoms with E-state index in [4.69, 9.17) is 4.74 Å². The van der Waals surface area contributed by atoms with Crippen molar-refractivity contribution in [3.63, 3.8) is 0 Å². The Kier molecular flexibility index (Phi) is 5.65. The second kappa shape index (κ2) is 6.80. The van der Waals surface area contributed by atoms with Crippen molar-refractivity contribution in [2.45, 2.75) is 44.2 Å². The lowest BCUT2D eigenvalue weighted by atomic mass is 9.93. The van der Waals surface area contributed by atoms with Crippen LogP contribution in [0.1, 0.15) is 32.1 Å². The highest BCUT2D eigenvalue weighted by atomic mass is 16.5. The zero-order valence-electron chi connectivity index (χ0n) is 9.71. The van der Waals surface area contributed by atoms with Crippen molar-refractivity contribution in [1.82, 2.24) is 10.6 Å². The van der Waals surface area contributed by atoms with Gasteiger partial charge in [-0.3, -0.25) is 4.79 Å². The van der Waals surface area contributed by atoms with Crippen LogP contribution < -0.4 is 10.6 Å². The summed E-state index contributed by atoms with van der Waals surface area (Å²) in [7, 11) is 3.45. The van der Waals surface area contributed by atoms with Crippen LogP contribution in [0.25, 0.3) is 0 Å². The van der Waals surface area contributed by atoms with E-state index in [9.17, 15) is 4.79 Å². The topological polar surface area (TPSA) is 50.4 Å². The van der Waals surface area contributed by atoms with Gasteiger partial charge in [0.1, 0.15) is 0 Å². The molecule has 0 saturated heterocycles. The van der Waals surface area contributed by atoms with Gasteiger partial charge < -0.3 is 15.4 Å². The molecule has 0 aliphatic heterocycles. The first-order chi connectivity index (χ1) is 7.26. The van der Waals surface area contributed by atoms with Gasteiger partial charge in [-0.1, -0.05) is 0 Å². The second-order valence-corrected chi connectivity index (χ2v) is 4.09. The number of ether oxygens (including phenoxy) is 1. The van der Waals surface area contributed by atoms with Gasteiger partial charge in [-0.2, -0.15) is 0 Å². The van der Waals surface area contributed by atoms with E-state index in [1.807, 2.05) is 0 Å². The molecule has 0 spiro atoms. The molecule has 4 heteroatoms. The molecule has 1 amide bonds. The summed E-state index contributed by atoms with van der Waals surface area (Å²) in [5.41, 5.74) is 0. The van der Waals surface area contributed by atoms with Crippen molar-refractivity contribution in [1.29, 1.82) is 0 Å². The van der Waals surface area contributed by atoms with Gasteiger partial charge in [0, 0.05) is 33.2 Å². The Hall–Kier alpha value is -0.610. The van der Waals surface area contributed by atoms with E-state index in [-0.39, 0.29) is 5.91 Å². The number of carbonyl (C=O) groups excluding carboxylic acids is 1. The third kappa shape index (κ3) is 4.62. The molecule has 0 aromatic heterocycles. The number of amides is 1. The molecule has 2 N–H and O–H groups in total. The molecule has 1 aliphatic rings. The minimum atomic E-state index is 0.105. The van der Waals surface area contributed by atoms with Crippen LogP contribution in [0.4, 0.5) is 0 Å². The molecule has 88 valence electrons. The number of carbonyl (C=O) groups is 1. The summed E-state index contributed by atoms with van der Waals surface area (Å²) in [5, 5.41) is 6.04. The van der Waals surface area contributed by atoms with Gasteiger partial charge in [0.15, 0.2) is 0 Å². The minimum absolute atomic E-state index is 0.105. The van der Waals surface area contributed by atoms with Gasteiger partial charge in [-0.05, 0) is 25.7 Å². The van der Waals surface area contributed by atoms with Gasteiger partial charge in [0.25, 0.3) is 0 Å². The molecule has 15 heavy (non-hydrogen) atoms. The molecule has 0 radical (unpaired) electrons. The zero-order chi connectivity index (χ0) is 11.1. The lowest BCUT2D eigenvalue weighted by Crippen LogP contribution is -2.37. The van der Waals surface area contributed by atoms with E-state index in [1.54, 1.807) is 14.2 Å². The molecular formula is C11H22N2O2. The quantitative estimate of drug-likeness (QED) is 0.707. The number of hydrogen-bond acceptors (Lipinski definition) is 3. The van der Waals surface area contributed by atoms with Crippen LogP contribution in [0.5, 0.6) is 0 Å². The van der Waals surface area contributed by atoms with Crippen molar-refractivity contribution in [3.05, 3.63) is 0 Å². The lowest BCUT2D eigenvalue weighted by molar-refractivity contribution is -0.120. The number of hydrogen-bond donors (Lipinski definition) is 2. The molecule has 1 saturated carbocycles. The van der Waals surface area contributed by atoms with E-state index in [1.165, 1.54) is 0 Å². The monoisotopic (exact) mass is 214 g/mol. The lowest BCUT2D eigenvalue weighted by Gasteiger charge is -2.28. The van der Waals surface area contributed by atoms with E-state index < -0.39 is 0 Å². The van der Waals surface area contributed by atoms with E-state index in [0.29, 0.717) is 18.6 Å². The SMILES string of the molecule is CNC(=O)CCNC1CCC(OC)CC1. The van der Waals surface area contributed by atoms with Gasteiger partial charge >= 0.3 is 0 Å². The van der Waals surface area contributed by atoms with Gasteiger partial charge in [0.05, 0.1) is 6.10 Å². The van der Waals surface area contributed by atoms with Crippen molar-refractivity contribution < 1.29 is 9.53 Å². The highest BCUT2D eigenvalue weighted by Gasteiger charge is 2.19. The summed E-state index contributed by atoms with van der Waals surface area (Å²) in [6, 6.07) is 0.570. The van der Waals surface area contributed by atoms with Crippen molar-refractivity contribution >= 4 is 5.91 Å². The summed E-state index contributed by atoms with van der Waals surface area (Å²) in [6.07, 6.45) is 5.60. The molecule has 0 heterocycles. The second-order valence-electron chi connectivity index (χ2n) is 4.09. The number of nitrogens with one attached hydrogen (secondary N) is 2. The Morgan fingerprint density at radius 1 is 1.33 bits per heavy atom. The van der Waals surface area contributed by atoms with Crippen LogP contribution in [0.2, 0.25) is 0 Å². The van der Waals surface area contributed by atoms with Crippen molar-refractivity contribution in [2.24, 2.45) is 0 Å². The molecule has 0 unspecified atom stereocenters. The summed E-state index contributed by atoms with van der Waals surface area (Å²) in [4.78, 5) is 11.0. The van der Waals surface area contributed by atoms with Crippen molar-refractivity contribution in [3.8, 4) is 0 Å². The van der Waals surface area contributed by atoms with E-state index in [0.717, 1.165) is 32.2 Å². The molecule has 0 aromatic carbocycles. The Bertz CT molecular complexity index is 189. The maximum Gasteiger partial charge on any atom is 0.221 e.